The molecule has 0 aliphatic carbocycles. The number of amides is 1. The minimum Gasteiger partial charge on any atom is -0.488 e. The first-order valence-electron chi connectivity index (χ1n) is 8.25. The number of carbonyl (C=O) groups is 2. The number of anilines is 1. The Hall–Kier alpha value is -3.18. The van der Waals surface area contributed by atoms with E-state index in [1.54, 1.807) is 0 Å². The summed E-state index contributed by atoms with van der Waals surface area (Å²) in [4.78, 5) is 21.0. The summed E-state index contributed by atoms with van der Waals surface area (Å²) in [6.07, 6.45) is -4.70. The molecule has 0 aliphatic heterocycles. The lowest BCUT2D eigenvalue weighted by Gasteiger charge is -2.10. The topological polar surface area (TPSA) is 102 Å². The normalized spacial score (nSPS) is 11.3. The van der Waals surface area contributed by atoms with E-state index in [4.69, 9.17) is 32.0 Å². The summed E-state index contributed by atoms with van der Waals surface area (Å²) in [5, 5.41) is 9.95. The van der Waals surface area contributed by atoms with Gasteiger partial charge in [0.2, 0.25) is 0 Å². The molecule has 0 radical (unpaired) electrons. The van der Waals surface area contributed by atoms with E-state index in [-0.39, 0.29) is 23.7 Å². The Morgan fingerprint density at radius 2 is 1.74 bits per heavy atom. The van der Waals surface area contributed by atoms with Gasteiger partial charge in [0, 0.05) is 23.4 Å². The van der Waals surface area contributed by atoms with Crippen LogP contribution in [0.15, 0.2) is 54.4 Å². The van der Waals surface area contributed by atoms with Crippen LogP contribution in [0.1, 0.15) is 10.4 Å². The van der Waals surface area contributed by atoms with Gasteiger partial charge in [0.15, 0.2) is 0 Å². The Kier molecular flexibility index (Phi) is 9.90. The fourth-order valence-electron chi connectivity index (χ4n) is 1.80. The van der Waals surface area contributed by atoms with Gasteiger partial charge in [0.1, 0.15) is 18.2 Å². The van der Waals surface area contributed by atoms with Gasteiger partial charge in [-0.2, -0.15) is 13.2 Å². The second-order valence-corrected chi connectivity index (χ2v) is 6.08. The van der Waals surface area contributed by atoms with Gasteiger partial charge in [0.25, 0.3) is 5.91 Å². The summed E-state index contributed by atoms with van der Waals surface area (Å²) < 4.78 is 62.4. The van der Waals surface area contributed by atoms with Crippen LogP contribution in [0.5, 0.6) is 5.75 Å². The SMILES string of the molecule is NC/C(=C\F)COc1ccc(C(=O)Nc2ccc(F)cc2)cc1Cl.O=C(O)C(F)(F)F. The zero-order valence-electron chi connectivity index (χ0n) is 15.6. The van der Waals surface area contributed by atoms with Crippen LogP contribution >= 0.6 is 11.6 Å². The Morgan fingerprint density at radius 1 is 1.16 bits per heavy atom. The molecule has 0 atom stereocenters. The molecule has 31 heavy (non-hydrogen) atoms. The number of ether oxygens (including phenoxy) is 1. The second-order valence-electron chi connectivity index (χ2n) is 5.67. The van der Waals surface area contributed by atoms with Crippen LogP contribution in [-0.4, -0.2) is 36.3 Å². The molecule has 0 heterocycles. The lowest BCUT2D eigenvalue weighted by Crippen LogP contribution is -2.21. The minimum atomic E-state index is -5.08. The number of carboxylic acid groups (broad SMARTS) is 1. The number of halogens is 6. The molecule has 0 fully saturated rings. The van der Waals surface area contributed by atoms with Crippen molar-refractivity contribution in [3.8, 4) is 5.75 Å². The van der Waals surface area contributed by atoms with Gasteiger partial charge in [-0.1, -0.05) is 11.6 Å². The molecule has 0 spiro atoms. The molecule has 4 N–H and O–H groups in total. The highest BCUT2D eigenvalue weighted by molar-refractivity contribution is 6.32. The van der Waals surface area contributed by atoms with Crippen molar-refractivity contribution in [2.24, 2.45) is 5.73 Å². The predicted octanol–water partition coefficient (Wildman–Crippen LogP) is 4.56. The fraction of sp³-hybridized carbons (Fsp3) is 0.158. The Balaban J connectivity index is 0.000000592. The average Bonchev–Trinajstić information content (AvgIpc) is 2.71. The number of nitrogens with two attached hydrogens (primary N) is 1. The molecular formula is C19H16ClF5N2O4. The smallest absolute Gasteiger partial charge is 0.488 e. The first-order valence-corrected chi connectivity index (χ1v) is 8.63. The zero-order valence-corrected chi connectivity index (χ0v) is 16.3. The van der Waals surface area contributed by atoms with Gasteiger partial charge in [-0.25, -0.2) is 13.6 Å². The minimum absolute atomic E-state index is 0.0339. The van der Waals surface area contributed by atoms with Gasteiger partial charge >= 0.3 is 12.1 Å². The number of hydrogen-bond donors (Lipinski definition) is 3. The van der Waals surface area contributed by atoms with Crippen molar-refractivity contribution in [3.63, 3.8) is 0 Å². The van der Waals surface area contributed by atoms with Crippen molar-refractivity contribution in [1.29, 1.82) is 0 Å². The molecule has 168 valence electrons. The highest BCUT2D eigenvalue weighted by atomic mass is 35.5. The molecule has 2 rings (SSSR count). The molecule has 2 aromatic rings. The number of aliphatic carboxylic acids is 1. The van der Waals surface area contributed by atoms with Crippen molar-refractivity contribution < 1.29 is 41.4 Å². The maximum Gasteiger partial charge on any atom is 0.490 e. The Bertz CT molecular complexity index is 934. The molecule has 6 nitrogen and oxygen atoms in total. The number of nitrogens with one attached hydrogen (secondary N) is 1. The van der Waals surface area contributed by atoms with Crippen molar-refractivity contribution in [1.82, 2.24) is 0 Å². The van der Waals surface area contributed by atoms with E-state index < -0.39 is 23.9 Å². The largest absolute Gasteiger partial charge is 0.490 e. The van der Waals surface area contributed by atoms with E-state index in [1.165, 1.54) is 42.5 Å². The lowest BCUT2D eigenvalue weighted by atomic mass is 10.2. The number of carbonyl (C=O) groups excluding carboxylic acids is 1. The predicted molar refractivity (Wildman–Crippen MR) is 103 cm³/mol. The fourth-order valence-corrected chi connectivity index (χ4v) is 2.04. The number of rotatable bonds is 6. The van der Waals surface area contributed by atoms with Gasteiger partial charge in [-0.3, -0.25) is 4.79 Å². The Morgan fingerprint density at radius 3 is 2.19 bits per heavy atom. The van der Waals surface area contributed by atoms with Crippen LogP contribution in [0.4, 0.5) is 27.6 Å². The second kappa shape index (κ2) is 11.9. The molecular weight excluding hydrogens is 451 g/mol. The third kappa shape index (κ3) is 9.01. The van der Waals surface area contributed by atoms with Crippen LogP contribution in [0.3, 0.4) is 0 Å². The first-order chi connectivity index (χ1) is 14.5. The van der Waals surface area contributed by atoms with Gasteiger partial charge in [0.05, 0.1) is 11.4 Å². The summed E-state index contributed by atoms with van der Waals surface area (Å²) in [5.41, 5.74) is 6.38. The number of hydrogen-bond acceptors (Lipinski definition) is 4. The monoisotopic (exact) mass is 466 g/mol. The highest BCUT2D eigenvalue weighted by Gasteiger charge is 2.38. The molecule has 0 saturated carbocycles. The van der Waals surface area contributed by atoms with Crippen LogP contribution in [-0.2, 0) is 4.79 Å². The molecule has 1 amide bonds. The average molecular weight is 467 g/mol. The summed E-state index contributed by atoms with van der Waals surface area (Å²) in [6.45, 7) is 0.000120. The van der Waals surface area contributed by atoms with E-state index in [0.717, 1.165) is 0 Å². The summed E-state index contributed by atoms with van der Waals surface area (Å²) >= 11 is 6.07. The van der Waals surface area contributed by atoms with Gasteiger partial charge in [-0.05, 0) is 42.5 Å². The third-order valence-electron chi connectivity index (χ3n) is 3.37. The van der Waals surface area contributed by atoms with Gasteiger partial charge < -0.3 is 20.9 Å². The maximum absolute atomic E-state index is 12.8. The summed E-state index contributed by atoms with van der Waals surface area (Å²) in [6, 6.07) is 9.83. The molecule has 0 aliphatic rings. The van der Waals surface area contributed by atoms with Crippen LogP contribution in [0, 0.1) is 5.82 Å². The van der Waals surface area contributed by atoms with E-state index >= 15 is 0 Å². The van der Waals surface area contributed by atoms with Crippen LogP contribution in [0.2, 0.25) is 5.02 Å². The van der Waals surface area contributed by atoms with Crippen molar-refractivity contribution >= 4 is 29.2 Å². The maximum atomic E-state index is 12.8. The van der Waals surface area contributed by atoms with Crippen molar-refractivity contribution in [2.75, 3.05) is 18.5 Å². The molecule has 0 bridgehead atoms. The van der Waals surface area contributed by atoms with E-state index in [1.807, 2.05) is 0 Å². The van der Waals surface area contributed by atoms with E-state index in [9.17, 15) is 26.7 Å². The lowest BCUT2D eigenvalue weighted by molar-refractivity contribution is -0.192. The molecule has 0 saturated heterocycles. The number of carboxylic acids is 1. The summed E-state index contributed by atoms with van der Waals surface area (Å²) in [7, 11) is 0. The first kappa shape index (κ1) is 25.9. The van der Waals surface area contributed by atoms with Crippen molar-refractivity contribution in [3.05, 3.63) is 70.8 Å². The number of alkyl halides is 3. The van der Waals surface area contributed by atoms with Crippen LogP contribution in [0.25, 0.3) is 0 Å². The zero-order chi connectivity index (χ0) is 23.6. The molecule has 2 aromatic carbocycles. The summed E-state index contributed by atoms with van der Waals surface area (Å²) in [5.74, 6) is -3.24. The van der Waals surface area contributed by atoms with Crippen molar-refractivity contribution in [2.45, 2.75) is 6.18 Å². The molecule has 0 aromatic heterocycles. The Labute approximate surface area is 178 Å². The third-order valence-corrected chi connectivity index (χ3v) is 3.66. The molecule has 0 unspecified atom stereocenters. The van der Waals surface area contributed by atoms with E-state index in [0.29, 0.717) is 23.3 Å². The van der Waals surface area contributed by atoms with Crippen LogP contribution < -0.4 is 15.8 Å². The quantitative estimate of drug-likeness (QED) is 0.542. The standard InChI is InChI=1S/C17H15ClF2N2O2.C2HF3O2/c18-15-7-12(1-6-16(15)24-10-11(8-19)9-21)17(23)22-14-4-2-13(20)3-5-14;3-2(4,5)1(6)7/h1-8H,9-10,21H2,(H,22,23);(H,6,7)/b11-8+;. The molecule has 12 heteroatoms. The van der Waals surface area contributed by atoms with Gasteiger partial charge in [-0.15, -0.1) is 0 Å². The number of benzene rings is 2. The highest BCUT2D eigenvalue weighted by Crippen LogP contribution is 2.26. The van der Waals surface area contributed by atoms with E-state index in [2.05, 4.69) is 5.32 Å².